The number of rotatable bonds is 4. The summed E-state index contributed by atoms with van der Waals surface area (Å²) >= 11 is 2.18. The Morgan fingerprint density at radius 3 is 2.82 bits per heavy atom. The molecule has 17 heavy (non-hydrogen) atoms. The molecular formula is C12H20INO3. The van der Waals surface area contributed by atoms with Crippen molar-refractivity contribution in [3.63, 3.8) is 0 Å². The number of nitrogens with zero attached hydrogens (tertiary/aromatic N) is 1. The van der Waals surface area contributed by atoms with E-state index in [1.807, 2.05) is 17.2 Å². The molecule has 5 heteroatoms. The van der Waals surface area contributed by atoms with Gasteiger partial charge in [-0.1, -0.05) is 22.6 Å². The van der Waals surface area contributed by atoms with Crippen molar-refractivity contribution in [2.45, 2.75) is 25.6 Å². The summed E-state index contributed by atoms with van der Waals surface area (Å²) in [7, 11) is 3.74. The molecule has 98 valence electrons. The standard InChI is InChI=1S/C12H20INO3/c1-9(15)17-12-8-14(2)7-5-10(12)11(16-3)4-6-13/h4,6,10-12H,5,7-8H2,1-3H3. The first-order chi connectivity index (χ1) is 8.08. The van der Waals surface area contributed by atoms with Crippen LogP contribution in [0.5, 0.6) is 0 Å². The van der Waals surface area contributed by atoms with Gasteiger partial charge in [0.1, 0.15) is 6.10 Å². The zero-order valence-electron chi connectivity index (χ0n) is 10.6. The van der Waals surface area contributed by atoms with Gasteiger partial charge in [-0.25, -0.2) is 0 Å². The van der Waals surface area contributed by atoms with E-state index in [1.54, 1.807) is 7.11 Å². The van der Waals surface area contributed by atoms with Gasteiger partial charge in [-0.3, -0.25) is 4.79 Å². The Balaban J connectivity index is 2.74. The molecule has 1 aliphatic rings. The number of hydrogen-bond acceptors (Lipinski definition) is 4. The van der Waals surface area contributed by atoms with E-state index in [0.29, 0.717) is 0 Å². The Labute approximate surface area is 116 Å². The first kappa shape index (κ1) is 14.9. The van der Waals surface area contributed by atoms with Crippen LogP contribution < -0.4 is 0 Å². The molecule has 0 aromatic heterocycles. The predicted molar refractivity (Wildman–Crippen MR) is 75.1 cm³/mol. The van der Waals surface area contributed by atoms with Gasteiger partial charge in [-0.05, 0) is 30.2 Å². The second-order valence-corrected chi connectivity index (χ2v) is 5.10. The Hall–Kier alpha value is -0.140. The van der Waals surface area contributed by atoms with Crippen LogP contribution in [0.15, 0.2) is 10.2 Å². The van der Waals surface area contributed by atoms with E-state index >= 15 is 0 Å². The third kappa shape index (κ3) is 4.56. The van der Waals surface area contributed by atoms with Crippen LogP contribution in [0.1, 0.15) is 13.3 Å². The minimum atomic E-state index is -0.219. The molecule has 1 aliphatic heterocycles. The molecule has 0 aliphatic carbocycles. The van der Waals surface area contributed by atoms with E-state index in [2.05, 4.69) is 27.5 Å². The topological polar surface area (TPSA) is 38.8 Å². The highest BCUT2D eigenvalue weighted by atomic mass is 127. The summed E-state index contributed by atoms with van der Waals surface area (Å²) in [6.45, 7) is 3.25. The lowest BCUT2D eigenvalue weighted by molar-refractivity contribution is -0.155. The van der Waals surface area contributed by atoms with Gasteiger partial charge < -0.3 is 14.4 Å². The number of halogens is 1. The predicted octanol–water partition coefficient (Wildman–Crippen LogP) is 1.83. The van der Waals surface area contributed by atoms with Crippen molar-refractivity contribution in [1.82, 2.24) is 4.90 Å². The van der Waals surface area contributed by atoms with Crippen LogP contribution in [0.2, 0.25) is 0 Å². The number of esters is 1. The number of likely N-dealkylation sites (tertiary alicyclic amines) is 1. The average Bonchev–Trinajstić information content (AvgIpc) is 2.26. The molecule has 3 atom stereocenters. The van der Waals surface area contributed by atoms with Gasteiger partial charge in [0, 0.05) is 26.5 Å². The summed E-state index contributed by atoms with van der Waals surface area (Å²) in [5, 5.41) is 0. The lowest BCUT2D eigenvalue weighted by atomic mass is 9.88. The molecule has 0 radical (unpaired) electrons. The molecule has 0 aromatic carbocycles. The second kappa shape index (κ2) is 7.33. The number of piperidine rings is 1. The zero-order valence-corrected chi connectivity index (χ0v) is 12.7. The molecule has 1 heterocycles. The summed E-state index contributed by atoms with van der Waals surface area (Å²) in [4.78, 5) is 13.3. The molecule has 1 rings (SSSR count). The van der Waals surface area contributed by atoms with Crippen molar-refractivity contribution in [3.05, 3.63) is 10.2 Å². The monoisotopic (exact) mass is 353 g/mol. The quantitative estimate of drug-likeness (QED) is 0.571. The van der Waals surface area contributed by atoms with E-state index in [0.717, 1.165) is 19.5 Å². The van der Waals surface area contributed by atoms with Gasteiger partial charge >= 0.3 is 5.97 Å². The molecule has 3 unspecified atom stereocenters. The smallest absolute Gasteiger partial charge is 0.302 e. The van der Waals surface area contributed by atoms with Crippen molar-refractivity contribution in [3.8, 4) is 0 Å². The zero-order chi connectivity index (χ0) is 12.8. The molecule has 0 bridgehead atoms. The third-order valence-electron chi connectivity index (χ3n) is 3.09. The Bertz CT molecular complexity index is 283. The Kier molecular flexibility index (Phi) is 6.43. The summed E-state index contributed by atoms with van der Waals surface area (Å²) in [6.07, 6.45) is 2.94. The van der Waals surface area contributed by atoms with Crippen molar-refractivity contribution in [2.75, 3.05) is 27.2 Å². The van der Waals surface area contributed by atoms with Crippen LogP contribution in [0, 0.1) is 5.92 Å². The van der Waals surface area contributed by atoms with Crippen LogP contribution in [0.4, 0.5) is 0 Å². The number of carbonyl (C=O) groups excluding carboxylic acids is 1. The van der Waals surface area contributed by atoms with Crippen LogP contribution in [-0.2, 0) is 14.3 Å². The van der Waals surface area contributed by atoms with Crippen molar-refractivity contribution >= 4 is 28.6 Å². The summed E-state index contributed by atoms with van der Waals surface area (Å²) in [5.41, 5.74) is 0. The maximum atomic E-state index is 11.1. The molecule has 1 fully saturated rings. The highest BCUT2D eigenvalue weighted by Gasteiger charge is 2.34. The first-order valence-electron chi connectivity index (χ1n) is 5.74. The first-order valence-corrected chi connectivity index (χ1v) is 6.98. The number of carbonyl (C=O) groups is 1. The maximum absolute atomic E-state index is 11.1. The third-order valence-corrected chi connectivity index (χ3v) is 3.50. The fourth-order valence-corrected chi connectivity index (χ4v) is 2.68. The van der Waals surface area contributed by atoms with Crippen molar-refractivity contribution in [1.29, 1.82) is 0 Å². The molecule has 0 N–H and O–H groups in total. The lowest BCUT2D eigenvalue weighted by Gasteiger charge is -2.38. The SMILES string of the molecule is COC(C=CI)C1CCN(C)CC1OC(C)=O. The minimum absolute atomic E-state index is 0.0185. The summed E-state index contributed by atoms with van der Waals surface area (Å²) < 4.78 is 12.8. The van der Waals surface area contributed by atoms with E-state index in [9.17, 15) is 4.79 Å². The van der Waals surface area contributed by atoms with Gasteiger partial charge in [0.25, 0.3) is 0 Å². The molecule has 0 spiro atoms. The maximum Gasteiger partial charge on any atom is 0.302 e. The van der Waals surface area contributed by atoms with Crippen LogP contribution in [0.25, 0.3) is 0 Å². The van der Waals surface area contributed by atoms with Gasteiger partial charge in [-0.2, -0.15) is 0 Å². The number of likely N-dealkylation sites (N-methyl/N-ethyl adjacent to an activating group) is 1. The fraction of sp³-hybridized carbons (Fsp3) is 0.750. The van der Waals surface area contributed by atoms with Crippen molar-refractivity contribution < 1.29 is 14.3 Å². The average molecular weight is 353 g/mol. The molecule has 1 saturated heterocycles. The summed E-state index contributed by atoms with van der Waals surface area (Å²) in [5.74, 6) is 0.0229. The van der Waals surface area contributed by atoms with Crippen LogP contribution in [-0.4, -0.2) is 50.3 Å². The molecule has 0 amide bonds. The van der Waals surface area contributed by atoms with Gasteiger partial charge in [0.2, 0.25) is 0 Å². The van der Waals surface area contributed by atoms with Crippen LogP contribution in [0.3, 0.4) is 0 Å². The molecule has 0 aromatic rings. The number of methoxy groups -OCH3 is 1. The van der Waals surface area contributed by atoms with Gasteiger partial charge in [-0.15, -0.1) is 0 Å². The minimum Gasteiger partial charge on any atom is -0.461 e. The van der Waals surface area contributed by atoms with Gasteiger partial charge in [0.15, 0.2) is 0 Å². The molecule has 0 saturated carbocycles. The van der Waals surface area contributed by atoms with E-state index in [-0.39, 0.29) is 24.1 Å². The van der Waals surface area contributed by atoms with Crippen LogP contribution >= 0.6 is 22.6 Å². The Morgan fingerprint density at radius 1 is 1.59 bits per heavy atom. The molecular weight excluding hydrogens is 333 g/mol. The van der Waals surface area contributed by atoms with E-state index in [4.69, 9.17) is 9.47 Å². The fourth-order valence-electron chi connectivity index (χ4n) is 2.27. The summed E-state index contributed by atoms with van der Waals surface area (Å²) in [6, 6.07) is 0. The van der Waals surface area contributed by atoms with Crippen molar-refractivity contribution in [2.24, 2.45) is 5.92 Å². The van der Waals surface area contributed by atoms with Gasteiger partial charge in [0.05, 0.1) is 6.10 Å². The molecule has 4 nitrogen and oxygen atoms in total. The highest BCUT2D eigenvalue weighted by molar-refractivity contribution is 14.1. The van der Waals surface area contributed by atoms with E-state index in [1.165, 1.54) is 6.92 Å². The Morgan fingerprint density at radius 2 is 2.29 bits per heavy atom. The number of ether oxygens (including phenoxy) is 2. The lowest BCUT2D eigenvalue weighted by Crippen LogP contribution is -2.48. The number of hydrogen-bond donors (Lipinski definition) is 0. The second-order valence-electron chi connectivity index (χ2n) is 4.38. The normalized spacial score (nSPS) is 28.2. The highest BCUT2D eigenvalue weighted by Crippen LogP contribution is 2.26. The largest absolute Gasteiger partial charge is 0.461 e. The van der Waals surface area contributed by atoms with E-state index < -0.39 is 0 Å².